The zero-order valence-corrected chi connectivity index (χ0v) is 22.7. The number of nitrogens with one attached hydrogen (secondary N) is 1. The number of methoxy groups -OCH3 is 1. The molecule has 1 N–H and O–H groups in total. The molecule has 0 saturated heterocycles. The number of fused-ring (bicyclic) bond motifs is 1. The molecule has 2 amide bonds. The second kappa shape index (κ2) is 12.2. The summed E-state index contributed by atoms with van der Waals surface area (Å²) in [5, 5.41) is 2.91. The second-order valence-corrected chi connectivity index (χ2v) is 11.0. The third-order valence-electron chi connectivity index (χ3n) is 6.30. The van der Waals surface area contributed by atoms with Crippen molar-refractivity contribution in [1.82, 2.24) is 10.2 Å². The highest BCUT2D eigenvalue weighted by Gasteiger charge is 2.32. The molecule has 37 heavy (non-hydrogen) atoms. The number of benzene rings is 2. The molecule has 0 aromatic heterocycles. The number of amides is 2. The van der Waals surface area contributed by atoms with Crippen LogP contribution in [-0.2, 0) is 26.2 Å². The van der Waals surface area contributed by atoms with Crippen molar-refractivity contribution in [2.45, 2.75) is 52.7 Å². The first-order valence-corrected chi connectivity index (χ1v) is 13.8. The Kier molecular flexibility index (Phi) is 9.25. The van der Waals surface area contributed by atoms with Crippen LogP contribution < -0.4 is 23.8 Å². The van der Waals surface area contributed by atoms with Crippen LogP contribution in [0.5, 0.6) is 17.2 Å². The van der Waals surface area contributed by atoms with E-state index in [-0.39, 0.29) is 36.7 Å². The van der Waals surface area contributed by atoms with E-state index in [0.717, 1.165) is 16.3 Å². The summed E-state index contributed by atoms with van der Waals surface area (Å²) in [6, 6.07) is 10.9. The molecule has 11 heteroatoms. The Morgan fingerprint density at radius 2 is 1.73 bits per heavy atom. The van der Waals surface area contributed by atoms with E-state index in [2.05, 4.69) is 5.32 Å². The molecular weight excluding hydrogens is 498 g/mol. The fraction of sp³-hybridized carbons (Fsp3) is 0.462. The van der Waals surface area contributed by atoms with E-state index in [1.54, 1.807) is 50.4 Å². The van der Waals surface area contributed by atoms with Crippen molar-refractivity contribution in [3.63, 3.8) is 0 Å². The van der Waals surface area contributed by atoms with Gasteiger partial charge in [0.25, 0.3) is 0 Å². The van der Waals surface area contributed by atoms with Gasteiger partial charge in [0.1, 0.15) is 18.3 Å². The highest BCUT2D eigenvalue weighted by molar-refractivity contribution is 7.92. The van der Waals surface area contributed by atoms with Crippen molar-refractivity contribution >= 4 is 27.5 Å². The molecule has 0 unspecified atom stereocenters. The Bertz CT molecular complexity index is 1200. The smallest absolute Gasteiger partial charge is 0.244 e. The van der Waals surface area contributed by atoms with Crippen molar-refractivity contribution in [2.75, 3.05) is 30.5 Å². The van der Waals surface area contributed by atoms with Crippen molar-refractivity contribution in [1.29, 1.82) is 0 Å². The summed E-state index contributed by atoms with van der Waals surface area (Å²) in [5.74, 6) is 0.517. The van der Waals surface area contributed by atoms with Gasteiger partial charge in [-0.2, -0.15) is 0 Å². The van der Waals surface area contributed by atoms with E-state index in [1.165, 1.54) is 17.9 Å². The quantitative estimate of drug-likeness (QED) is 0.446. The van der Waals surface area contributed by atoms with Gasteiger partial charge in [0.15, 0.2) is 11.5 Å². The Morgan fingerprint density at radius 1 is 1.05 bits per heavy atom. The number of carbonyl (C=O) groups excluding carboxylic acids is 2. The van der Waals surface area contributed by atoms with E-state index in [4.69, 9.17) is 14.2 Å². The van der Waals surface area contributed by atoms with Gasteiger partial charge in [0.05, 0.1) is 18.6 Å². The maximum absolute atomic E-state index is 13.7. The van der Waals surface area contributed by atoms with Crippen LogP contribution in [0.25, 0.3) is 0 Å². The molecule has 2 atom stereocenters. The first-order valence-electron chi connectivity index (χ1n) is 12.2. The summed E-state index contributed by atoms with van der Waals surface area (Å²) < 4.78 is 43.1. The van der Waals surface area contributed by atoms with Crippen molar-refractivity contribution in [2.24, 2.45) is 0 Å². The average molecular weight is 534 g/mol. The van der Waals surface area contributed by atoms with Gasteiger partial charge in [-0.05, 0) is 57.0 Å². The van der Waals surface area contributed by atoms with Crippen LogP contribution in [0.3, 0.4) is 0 Å². The van der Waals surface area contributed by atoms with E-state index >= 15 is 0 Å². The van der Waals surface area contributed by atoms with E-state index in [0.29, 0.717) is 17.2 Å². The number of hydrogen-bond donors (Lipinski definition) is 1. The lowest BCUT2D eigenvalue weighted by Gasteiger charge is -2.32. The molecule has 1 aliphatic heterocycles. The molecule has 0 bridgehead atoms. The summed E-state index contributed by atoms with van der Waals surface area (Å²) in [6.45, 7) is 6.66. The van der Waals surface area contributed by atoms with Gasteiger partial charge in [-0.1, -0.05) is 19.1 Å². The van der Waals surface area contributed by atoms with Crippen molar-refractivity contribution < 1.29 is 32.2 Å². The summed E-state index contributed by atoms with van der Waals surface area (Å²) in [7, 11) is -2.28. The second-order valence-electron chi connectivity index (χ2n) is 8.81. The zero-order chi connectivity index (χ0) is 27.2. The largest absolute Gasteiger partial charge is 0.497 e. The maximum atomic E-state index is 13.7. The van der Waals surface area contributed by atoms with Gasteiger partial charge in [0, 0.05) is 18.7 Å². The third kappa shape index (κ3) is 6.85. The lowest BCUT2D eigenvalue weighted by Crippen LogP contribution is -2.52. The Hall–Kier alpha value is -3.47. The molecule has 3 rings (SSSR count). The molecule has 0 radical (unpaired) electrons. The SMILES string of the molecule is CC[C@@H](C)NC(=O)[C@H](C)N(Cc1ccc(OC)cc1)C(=O)CN(c1ccc2c(c1)OCO2)S(=O)(=O)CC. The van der Waals surface area contributed by atoms with Crippen LogP contribution >= 0.6 is 0 Å². The highest BCUT2D eigenvalue weighted by Crippen LogP contribution is 2.36. The molecule has 1 heterocycles. The fourth-order valence-corrected chi connectivity index (χ4v) is 4.79. The molecule has 0 fully saturated rings. The van der Waals surface area contributed by atoms with Crippen LogP contribution in [-0.4, -0.2) is 63.4 Å². The van der Waals surface area contributed by atoms with Crippen LogP contribution in [0.15, 0.2) is 42.5 Å². The monoisotopic (exact) mass is 533 g/mol. The van der Waals surface area contributed by atoms with Crippen LogP contribution in [0.4, 0.5) is 5.69 Å². The summed E-state index contributed by atoms with van der Waals surface area (Å²) >= 11 is 0. The minimum Gasteiger partial charge on any atom is -0.497 e. The number of anilines is 1. The first kappa shape index (κ1) is 28.1. The molecule has 2 aromatic carbocycles. The van der Waals surface area contributed by atoms with Gasteiger partial charge in [0.2, 0.25) is 28.6 Å². The van der Waals surface area contributed by atoms with Crippen LogP contribution in [0.1, 0.15) is 39.7 Å². The summed E-state index contributed by atoms with van der Waals surface area (Å²) in [5.41, 5.74) is 1.05. The predicted octanol–water partition coefficient (Wildman–Crippen LogP) is 2.91. The molecule has 10 nitrogen and oxygen atoms in total. The number of hydrogen-bond acceptors (Lipinski definition) is 7. The lowest BCUT2D eigenvalue weighted by molar-refractivity contribution is -0.139. The molecule has 2 aromatic rings. The third-order valence-corrected chi connectivity index (χ3v) is 8.04. The van der Waals surface area contributed by atoms with Crippen molar-refractivity contribution in [3.8, 4) is 17.2 Å². The van der Waals surface area contributed by atoms with E-state index in [1.807, 2.05) is 13.8 Å². The minimum atomic E-state index is -3.84. The molecule has 202 valence electrons. The summed E-state index contributed by atoms with van der Waals surface area (Å²) in [6.07, 6.45) is 0.734. The normalized spacial score (nSPS) is 14.0. The highest BCUT2D eigenvalue weighted by atomic mass is 32.2. The van der Waals surface area contributed by atoms with E-state index in [9.17, 15) is 18.0 Å². The Labute approximate surface area is 218 Å². The molecular formula is C26H35N3O7S. The minimum absolute atomic E-state index is 0.0384. The maximum Gasteiger partial charge on any atom is 0.244 e. The molecule has 0 aliphatic carbocycles. The Balaban J connectivity index is 1.93. The van der Waals surface area contributed by atoms with Crippen LogP contribution in [0.2, 0.25) is 0 Å². The number of sulfonamides is 1. The van der Waals surface area contributed by atoms with Crippen molar-refractivity contribution in [3.05, 3.63) is 48.0 Å². The molecule has 0 saturated carbocycles. The topological polar surface area (TPSA) is 114 Å². The summed E-state index contributed by atoms with van der Waals surface area (Å²) in [4.78, 5) is 28.1. The molecule has 0 spiro atoms. The van der Waals surface area contributed by atoms with Crippen LogP contribution in [0, 0.1) is 0 Å². The van der Waals surface area contributed by atoms with Gasteiger partial charge in [-0.3, -0.25) is 13.9 Å². The number of nitrogens with zero attached hydrogens (tertiary/aromatic N) is 2. The zero-order valence-electron chi connectivity index (χ0n) is 21.9. The average Bonchev–Trinajstić information content (AvgIpc) is 3.37. The van der Waals surface area contributed by atoms with Gasteiger partial charge < -0.3 is 24.4 Å². The molecule has 1 aliphatic rings. The number of ether oxygens (including phenoxy) is 3. The number of rotatable bonds is 12. The fourth-order valence-electron chi connectivity index (χ4n) is 3.74. The predicted molar refractivity (Wildman–Crippen MR) is 140 cm³/mol. The standard InChI is InChI=1S/C26H35N3O7S/c1-6-18(3)27-26(31)19(4)28(15-20-8-11-22(34-5)12-9-20)25(30)16-29(37(32,33)7-2)21-10-13-23-24(14-21)36-17-35-23/h8-14,18-19H,6-7,15-17H2,1-5H3,(H,27,31)/t18-,19+/m1/s1. The number of carbonyl (C=O) groups is 2. The first-order chi connectivity index (χ1) is 17.6. The van der Waals surface area contributed by atoms with Gasteiger partial charge in [-0.25, -0.2) is 8.42 Å². The van der Waals surface area contributed by atoms with Gasteiger partial charge in [-0.15, -0.1) is 0 Å². The Morgan fingerprint density at radius 3 is 2.35 bits per heavy atom. The van der Waals surface area contributed by atoms with Gasteiger partial charge >= 0.3 is 0 Å². The van der Waals surface area contributed by atoms with E-state index < -0.39 is 28.5 Å². The lowest BCUT2D eigenvalue weighted by atomic mass is 10.1.